The van der Waals surface area contributed by atoms with Crippen LogP contribution >= 0.6 is 0 Å². The highest BCUT2D eigenvalue weighted by Gasteiger charge is 2.23. The Morgan fingerprint density at radius 1 is 1.48 bits per heavy atom. The van der Waals surface area contributed by atoms with E-state index < -0.39 is 23.7 Å². The Kier molecular flexibility index (Phi) is 5.15. The predicted molar refractivity (Wildman–Crippen MR) is 80.9 cm³/mol. The second-order valence-electron chi connectivity index (χ2n) is 5.35. The van der Waals surface area contributed by atoms with Gasteiger partial charge in [0.25, 0.3) is 5.91 Å². The van der Waals surface area contributed by atoms with Crippen LogP contribution in [-0.4, -0.2) is 42.1 Å². The van der Waals surface area contributed by atoms with Crippen LogP contribution in [0.25, 0.3) is 0 Å². The van der Waals surface area contributed by atoms with Crippen molar-refractivity contribution in [3.63, 3.8) is 0 Å². The van der Waals surface area contributed by atoms with Gasteiger partial charge >= 0.3 is 12.0 Å². The Labute approximate surface area is 132 Å². The fourth-order valence-electron chi connectivity index (χ4n) is 2.29. The van der Waals surface area contributed by atoms with Gasteiger partial charge in [0.15, 0.2) is 0 Å². The molecule has 2 rings (SSSR count). The first kappa shape index (κ1) is 16.7. The van der Waals surface area contributed by atoms with Gasteiger partial charge in [-0.3, -0.25) is 14.5 Å². The maximum atomic E-state index is 13.9. The number of benzene rings is 1. The first-order valence-corrected chi connectivity index (χ1v) is 7.26. The molecule has 1 unspecified atom stereocenters. The van der Waals surface area contributed by atoms with Crippen LogP contribution in [-0.2, 0) is 4.79 Å². The second-order valence-corrected chi connectivity index (χ2v) is 5.35. The van der Waals surface area contributed by atoms with Gasteiger partial charge in [0.2, 0.25) is 0 Å². The number of amides is 3. The Balaban J connectivity index is 2.10. The zero-order valence-corrected chi connectivity index (χ0v) is 12.6. The lowest BCUT2D eigenvalue weighted by atomic mass is 10.1. The topological polar surface area (TPSA) is 98.7 Å². The van der Waals surface area contributed by atoms with Gasteiger partial charge in [-0.15, -0.1) is 0 Å². The normalized spacial score (nSPS) is 15.2. The molecule has 124 valence electrons. The number of hydrogen-bond donors (Lipinski definition) is 3. The van der Waals surface area contributed by atoms with E-state index in [4.69, 9.17) is 5.11 Å². The molecule has 3 amide bonds. The highest BCUT2D eigenvalue weighted by molar-refractivity contribution is 5.98. The molecular weight excluding hydrogens is 305 g/mol. The summed E-state index contributed by atoms with van der Waals surface area (Å²) in [5.74, 6) is -2.29. The fraction of sp³-hybridized carbons (Fsp3) is 0.400. The molecule has 1 aliphatic heterocycles. The van der Waals surface area contributed by atoms with E-state index in [0.717, 1.165) is 6.07 Å². The summed E-state index contributed by atoms with van der Waals surface area (Å²) in [7, 11) is 0. The molecule has 1 aliphatic rings. The second kappa shape index (κ2) is 7.08. The van der Waals surface area contributed by atoms with Crippen molar-refractivity contribution in [2.75, 3.05) is 18.0 Å². The van der Waals surface area contributed by atoms with Crippen molar-refractivity contribution in [1.82, 2.24) is 10.6 Å². The Morgan fingerprint density at radius 2 is 2.22 bits per heavy atom. The van der Waals surface area contributed by atoms with Gasteiger partial charge in [0.05, 0.1) is 5.56 Å². The molecule has 23 heavy (non-hydrogen) atoms. The lowest BCUT2D eigenvalue weighted by molar-refractivity contribution is -0.137. The molecule has 0 radical (unpaired) electrons. The number of aliphatic carboxylic acids is 1. The average molecular weight is 323 g/mol. The van der Waals surface area contributed by atoms with Crippen LogP contribution in [0.2, 0.25) is 0 Å². The zero-order chi connectivity index (χ0) is 17.0. The van der Waals surface area contributed by atoms with E-state index in [0.29, 0.717) is 18.8 Å². The van der Waals surface area contributed by atoms with E-state index in [1.54, 1.807) is 6.92 Å². The highest BCUT2D eigenvalue weighted by Crippen LogP contribution is 2.20. The minimum atomic E-state index is -0.959. The molecule has 8 heteroatoms. The van der Waals surface area contributed by atoms with E-state index in [9.17, 15) is 18.8 Å². The number of carboxylic acids is 1. The summed E-state index contributed by atoms with van der Waals surface area (Å²) in [6.07, 6.45) is 0.162. The molecule has 3 N–H and O–H groups in total. The maximum Gasteiger partial charge on any atom is 0.321 e. The van der Waals surface area contributed by atoms with Gasteiger partial charge in [-0.05, 0) is 31.5 Å². The third-order valence-electron chi connectivity index (χ3n) is 3.53. The number of rotatable bonds is 6. The van der Waals surface area contributed by atoms with Crippen LogP contribution in [0.5, 0.6) is 0 Å². The maximum absolute atomic E-state index is 13.9. The van der Waals surface area contributed by atoms with Gasteiger partial charge < -0.3 is 15.7 Å². The number of anilines is 1. The summed E-state index contributed by atoms with van der Waals surface area (Å²) in [6.45, 7) is 2.58. The highest BCUT2D eigenvalue weighted by atomic mass is 19.1. The number of nitrogens with zero attached hydrogens (tertiary/aromatic N) is 1. The number of hydrogen-bond acceptors (Lipinski definition) is 3. The Bertz CT molecular complexity index is 635. The monoisotopic (exact) mass is 323 g/mol. The average Bonchev–Trinajstić information content (AvgIpc) is 2.91. The van der Waals surface area contributed by atoms with Crippen LogP contribution in [0.1, 0.15) is 30.1 Å². The quantitative estimate of drug-likeness (QED) is 0.735. The SMILES string of the molecule is CC(CCC(=O)O)NC(=O)c1cc(N2CCNC2=O)ccc1F. The summed E-state index contributed by atoms with van der Waals surface area (Å²) in [4.78, 5) is 35.7. The van der Waals surface area contributed by atoms with Crippen LogP contribution in [0.4, 0.5) is 14.9 Å². The van der Waals surface area contributed by atoms with Crippen molar-refractivity contribution in [3.8, 4) is 0 Å². The van der Waals surface area contributed by atoms with Crippen molar-refractivity contribution in [2.24, 2.45) is 0 Å². The molecule has 0 spiro atoms. The molecule has 1 saturated heterocycles. The summed E-state index contributed by atoms with van der Waals surface area (Å²) >= 11 is 0. The minimum Gasteiger partial charge on any atom is -0.481 e. The van der Waals surface area contributed by atoms with E-state index >= 15 is 0 Å². The predicted octanol–water partition coefficient (Wildman–Crippen LogP) is 1.34. The lowest BCUT2D eigenvalue weighted by Gasteiger charge is -2.17. The fourth-order valence-corrected chi connectivity index (χ4v) is 2.29. The largest absolute Gasteiger partial charge is 0.481 e. The smallest absolute Gasteiger partial charge is 0.321 e. The van der Waals surface area contributed by atoms with E-state index in [1.165, 1.54) is 17.0 Å². The number of carboxylic acid groups (broad SMARTS) is 1. The zero-order valence-electron chi connectivity index (χ0n) is 12.6. The number of carbonyl (C=O) groups is 3. The molecule has 1 atom stereocenters. The van der Waals surface area contributed by atoms with Gasteiger partial charge in [0.1, 0.15) is 5.82 Å². The molecular formula is C15H18FN3O4. The summed E-state index contributed by atoms with van der Waals surface area (Å²) < 4.78 is 13.9. The van der Waals surface area contributed by atoms with Crippen molar-refractivity contribution in [2.45, 2.75) is 25.8 Å². The molecule has 1 heterocycles. The summed E-state index contributed by atoms with van der Waals surface area (Å²) in [6, 6.07) is 3.19. The van der Waals surface area contributed by atoms with Gasteiger partial charge in [-0.2, -0.15) is 0 Å². The van der Waals surface area contributed by atoms with Gasteiger partial charge in [-0.25, -0.2) is 9.18 Å². The standard InChI is InChI=1S/C15H18FN3O4/c1-9(2-5-13(20)21)18-14(22)11-8-10(3-4-12(11)16)19-7-6-17-15(19)23/h3-4,8-9H,2,5-7H2,1H3,(H,17,23)(H,18,22)(H,20,21). The molecule has 1 aromatic carbocycles. The summed E-state index contributed by atoms with van der Waals surface area (Å²) in [5.41, 5.74) is 0.258. The Morgan fingerprint density at radius 3 is 2.83 bits per heavy atom. The van der Waals surface area contributed by atoms with Gasteiger partial charge in [-0.1, -0.05) is 0 Å². The van der Waals surface area contributed by atoms with Crippen LogP contribution in [0, 0.1) is 5.82 Å². The number of halogens is 1. The van der Waals surface area contributed by atoms with Crippen molar-refractivity contribution in [1.29, 1.82) is 0 Å². The third-order valence-corrected chi connectivity index (χ3v) is 3.53. The number of carbonyl (C=O) groups excluding carboxylic acids is 2. The van der Waals surface area contributed by atoms with Gasteiger partial charge in [0, 0.05) is 31.2 Å². The van der Waals surface area contributed by atoms with Crippen LogP contribution in [0.3, 0.4) is 0 Å². The molecule has 1 aromatic rings. The first-order chi connectivity index (χ1) is 10.9. The van der Waals surface area contributed by atoms with E-state index in [-0.39, 0.29) is 24.4 Å². The number of nitrogens with one attached hydrogen (secondary N) is 2. The molecule has 0 saturated carbocycles. The third kappa shape index (κ3) is 4.18. The Hall–Kier alpha value is -2.64. The summed E-state index contributed by atoms with van der Waals surface area (Å²) in [5, 5.41) is 13.8. The van der Waals surface area contributed by atoms with Crippen molar-refractivity contribution >= 4 is 23.6 Å². The van der Waals surface area contributed by atoms with Crippen LogP contribution < -0.4 is 15.5 Å². The molecule has 0 aromatic heterocycles. The van der Waals surface area contributed by atoms with Crippen molar-refractivity contribution < 1.29 is 23.9 Å². The molecule has 1 fully saturated rings. The number of urea groups is 1. The molecule has 7 nitrogen and oxygen atoms in total. The first-order valence-electron chi connectivity index (χ1n) is 7.26. The van der Waals surface area contributed by atoms with E-state index in [1.807, 2.05) is 0 Å². The van der Waals surface area contributed by atoms with E-state index in [2.05, 4.69) is 10.6 Å². The lowest BCUT2D eigenvalue weighted by Crippen LogP contribution is -2.34. The molecule has 0 aliphatic carbocycles. The minimum absolute atomic E-state index is 0.0854. The molecule has 0 bridgehead atoms. The van der Waals surface area contributed by atoms with Crippen molar-refractivity contribution in [3.05, 3.63) is 29.6 Å². The van der Waals surface area contributed by atoms with Crippen LogP contribution in [0.15, 0.2) is 18.2 Å².